The van der Waals surface area contributed by atoms with Crippen molar-refractivity contribution in [1.29, 1.82) is 0 Å². The summed E-state index contributed by atoms with van der Waals surface area (Å²) in [7, 11) is -3.72. The van der Waals surface area contributed by atoms with Gasteiger partial charge in [0.2, 0.25) is 10.0 Å². The third-order valence-corrected chi connectivity index (χ3v) is 3.74. The van der Waals surface area contributed by atoms with E-state index in [1.165, 1.54) is 0 Å². The molecule has 0 radical (unpaired) electrons. The summed E-state index contributed by atoms with van der Waals surface area (Å²) >= 11 is 0. The van der Waals surface area contributed by atoms with Crippen LogP contribution >= 0.6 is 0 Å². The number of hydrogen-bond acceptors (Lipinski definition) is 5. The third kappa shape index (κ3) is 6.93. The third-order valence-electron chi connectivity index (χ3n) is 2.32. The molecule has 0 spiro atoms. The molecule has 6 nitrogen and oxygen atoms in total. The molecular weight excluding hydrogens is 256 g/mol. The Morgan fingerprint density at radius 2 is 2.00 bits per heavy atom. The predicted octanol–water partition coefficient (Wildman–Crippen LogP) is 0.232. The Morgan fingerprint density at radius 3 is 2.39 bits per heavy atom. The van der Waals surface area contributed by atoms with Crippen LogP contribution < -0.4 is 10.5 Å². The molecular formula is C11H24N2O4S. The zero-order chi connectivity index (χ0) is 14.4. The summed E-state index contributed by atoms with van der Waals surface area (Å²) in [6.45, 7) is 7.65. The normalized spacial score (nSPS) is 15.4. The highest BCUT2D eigenvalue weighted by molar-refractivity contribution is 7.90. The van der Waals surface area contributed by atoms with Gasteiger partial charge in [0.05, 0.1) is 6.61 Å². The molecule has 0 bridgehead atoms. The van der Waals surface area contributed by atoms with Gasteiger partial charge in [0.1, 0.15) is 0 Å². The quantitative estimate of drug-likeness (QED) is 0.620. The summed E-state index contributed by atoms with van der Waals surface area (Å²) < 4.78 is 30.7. The molecule has 0 aromatic carbocycles. The molecule has 1 unspecified atom stereocenters. The lowest BCUT2D eigenvalue weighted by Crippen LogP contribution is -2.53. The Hall–Kier alpha value is -0.660. The highest BCUT2D eigenvalue weighted by Crippen LogP contribution is 2.16. The highest BCUT2D eigenvalue weighted by Gasteiger charge is 2.30. The van der Waals surface area contributed by atoms with Crippen LogP contribution in [0.1, 0.15) is 34.1 Å². The molecule has 1 atom stereocenters. The lowest BCUT2D eigenvalue weighted by Gasteiger charge is -2.30. The van der Waals surface area contributed by atoms with Crippen molar-refractivity contribution in [1.82, 2.24) is 4.72 Å². The van der Waals surface area contributed by atoms with Crippen LogP contribution in [0, 0.1) is 5.92 Å². The molecule has 0 saturated heterocycles. The fraction of sp³-hybridized carbons (Fsp3) is 0.909. The molecule has 0 saturated carbocycles. The first-order valence-electron chi connectivity index (χ1n) is 6.01. The SMILES string of the molecule is CCOC(=O)CS(=O)(=O)NC(C)(CN)CC(C)C. The lowest BCUT2D eigenvalue weighted by molar-refractivity contribution is -0.139. The Kier molecular flexibility index (Phi) is 6.80. The summed E-state index contributed by atoms with van der Waals surface area (Å²) in [5.74, 6) is -1.13. The number of esters is 1. The molecule has 18 heavy (non-hydrogen) atoms. The first-order valence-corrected chi connectivity index (χ1v) is 7.66. The van der Waals surface area contributed by atoms with Gasteiger partial charge >= 0.3 is 5.97 Å². The number of sulfonamides is 1. The van der Waals surface area contributed by atoms with Gasteiger partial charge in [0.25, 0.3) is 0 Å². The molecule has 7 heteroatoms. The number of nitrogens with two attached hydrogens (primary N) is 1. The topological polar surface area (TPSA) is 98.5 Å². The second-order valence-electron chi connectivity index (χ2n) is 5.03. The molecule has 0 rings (SSSR count). The minimum Gasteiger partial charge on any atom is -0.465 e. The Labute approximate surface area is 109 Å². The van der Waals surface area contributed by atoms with Gasteiger partial charge in [0.15, 0.2) is 5.75 Å². The lowest BCUT2D eigenvalue weighted by atomic mass is 9.92. The van der Waals surface area contributed by atoms with Crippen LogP contribution in [-0.2, 0) is 19.6 Å². The monoisotopic (exact) mass is 280 g/mol. The molecule has 108 valence electrons. The van der Waals surface area contributed by atoms with E-state index >= 15 is 0 Å². The van der Waals surface area contributed by atoms with Crippen molar-refractivity contribution < 1.29 is 17.9 Å². The van der Waals surface area contributed by atoms with Crippen molar-refractivity contribution in [2.24, 2.45) is 11.7 Å². The smallest absolute Gasteiger partial charge is 0.322 e. The van der Waals surface area contributed by atoms with Crippen LogP contribution in [0.2, 0.25) is 0 Å². The van der Waals surface area contributed by atoms with Crippen molar-refractivity contribution in [3.63, 3.8) is 0 Å². The van der Waals surface area contributed by atoms with Crippen LogP contribution in [-0.4, -0.2) is 38.8 Å². The Balaban J connectivity index is 4.67. The first-order chi connectivity index (χ1) is 8.14. The standard InChI is InChI=1S/C11H24N2O4S/c1-5-17-10(14)7-18(15,16)13-11(4,8-12)6-9(2)3/h9,13H,5-8,12H2,1-4H3. The molecule has 0 aliphatic heterocycles. The average Bonchev–Trinajstić information content (AvgIpc) is 2.14. The van der Waals surface area contributed by atoms with Crippen LogP contribution in [0.25, 0.3) is 0 Å². The van der Waals surface area contributed by atoms with E-state index in [4.69, 9.17) is 5.73 Å². The van der Waals surface area contributed by atoms with Crippen LogP contribution in [0.3, 0.4) is 0 Å². The first kappa shape index (κ1) is 17.3. The number of rotatable bonds is 8. The van der Waals surface area contributed by atoms with Gasteiger partial charge in [-0.25, -0.2) is 13.1 Å². The van der Waals surface area contributed by atoms with E-state index in [1.807, 2.05) is 13.8 Å². The number of ether oxygens (including phenoxy) is 1. The van der Waals surface area contributed by atoms with E-state index in [1.54, 1.807) is 13.8 Å². The number of nitrogens with one attached hydrogen (secondary N) is 1. The predicted molar refractivity (Wildman–Crippen MR) is 70.5 cm³/mol. The fourth-order valence-corrected chi connectivity index (χ4v) is 3.22. The largest absolute Gasteiger partial charge is 0.465 e. The molecule has 0 aromatic heterocycles. The maximum absolute atomic E-state index is 11.8. The van der Waals surface area contributed by atoms with Crippen molar-refractivity contribution in [3.05, 3.63) is 0 Å². The zero-order valence-corrected chi connectivity index (χ0v) is 12.3. The molecule has 0 aliphatic rings. The van der Waals surface area contributed by atoms with Crippen molar-refractivity contribution in [3.8, 4) is 0 Å². The van der Waals surface area contributed by atoms with E-state index in [9.17, 15) is 13.2 Å². The minimum absolute atomic E-state index is 0.161. The van der Waals surface area contributed by atoms with E-state index in [-0.39, 0.29) is 13.2 Å². The summed E-state index contributed by atoms with van der Waals surface area (Å²) in [5, 5.41) is 0. The van der Waals surface area contributed by atoms with Crippen molar-refractivity contribution in [2.75, 3.05) is 18.9 Å². The van der Waals surface area contributed by atoms with E-state index < -0.39 is 27.3 Å². The number of carbonyl (C=O) groups is 1. The second kappa shape index (κ2) is 7.06. The molecule has 0 heterocycles. The zero-order valence-electron chi connectivity index (χ0n) is 11.5. The maximum Gasteiger partial charge on any atom is 0.322 e. The van der Waals surface area contributed by atoms with Gasteiger partial charge in [0, 0.05) is 12.1 Å². The van der Waals surface area contributed by atoms with Gasteiger partial charge < -0.3 is 10.5 Å². The molecule has 0 aliphatic carbocycles. The van der Waals surface area contributed by atoms with Crippen LogP contribution in [0.5, 0.6) is 0 Å². The van der Waals surface area contributed by atoms with Gasteiger partial charge in [-0.15, -0.1) is 0 Å². The highest BCUT2D eigenvalue weighted by atomic mass is 32.2. The Morgan fingerprint density at radius 1 is 1.44 bits per heavy atom. The van der Waals surface area contributed by atoms with Crippen molar-refractivity contribution in [2.45, 2.75) is 39.7 Å². The van der Waals surface area contributed by atoms with Gasteiger partial charge in [-0.3, -0.25) is 4.79 Å². The summed E-state index contributed by atoms with van der Waals surface area (Å²) in [4.78, 5) is 11.2. The molecule has 3 N–H and O–H groups in total. The molecule has 0 fully saturated rings. The average molecular weight is 280 g/mol. The number of carbonyl (C=O) groups excluding carboxylic acids is 1. The number of hydrogen-bond donors (Lipinski definition) is 2. The van der Waals surface area contributed by atoms with Crippen molar-refractivity contribution >= 4 is 16.0 Å². The van der Waals surface area contributed by atoms with E-state index in [0.717, 1.165) is 0 Å². The summed E-state index contributed by atoms with van der Waals surface area (Å²) in [6.07, 6.45) is 0.603. The summed E-state index contributed by atoms with van der Waals surface area (Å²) in [6, 6.07) is 0. The van der Waals surface area contributed by atoms with E-state index in [0.29, 0.717) is 12.3 Å². The van der Waals surface area contributed by atoms with Crippen LogP contribution in [0.4, 0.5) is 0 Å². The van der Waals surface area contributed by atoms with E-state index in [2.05, 4.69) is 9.46 Å². The second-order valence-corrected chi connectivity index (χ2v) is 6.75. The van der Waals surface area contributed by atoms with Crippen LogP contribution in [0.15, 0.2) is 0 Å². The molecule has 0 amide bonds. The minimum atomic E-state index is -3.72. The van der Waals surface area contributed by atoms with Gasteiger partial charge in [-0.2, -0.15) is 0 Å². The van der Waals surface area contributed by atoms with Gasteiger partial charge in [-0.1, -0.05) is 13.8 Å². The molecule has 0 aromatic rings. The fourth-order valence-electron chi connectivity index (χ4n) is 1.84. The Bertz CT molecular complexity index is 367. The van der Waals surface area contributed by atoms with Gasteiger partial charge in [-0.05, 0) is 26.2 Å². The maximum atomic E-state index is 11.8. The summed E-state index contributed by atoms with van der Waals surface area (Å²) in [5.41, 5.74) is 4.87.